The fourth-order valence-electron chi connectivity index (χ4n) is 12.4. The Bertz CT molecular complexity index is 1200. The molecule has 0 aliphatic rings. The Morgan fingerprint density at radius 3 is 0.716 bits per heavy atom. The van der Waals surface area contributed by atoms with E-state index in [1.165, 1.54) is 392 Å². The summed E-state index contributed by atoms with van der Waals surface area (Å²) in [6.07, 6.45) is 100. The SMILES string of the molecule is CCCCCCCCCCCCCCCCCCCCCCCCCCCC/C=C/CC/C=C/C(O)C(CO)NC(=O)CCCCCCCCCCCCCCCCCCCCCCCCCCCCCCCCCCCCCCC. The molecule has 0 aromatic heterocycles. The molecule has 0 heterocycles. The zero-order valence-corrected chi connectivity index (χ0v) is 55.9. The summed E-state index contributed by atoms with van der Waals surface area (Å²) in [5, 5.41) is 23.3. The van der Waals surface area contributed by atoms with Crippen LogP contribution >= 0.6 is 0 Å². The van der Waals surface area contributed by atoms with Crippen molar-refractivity contribution in [2.24, 2.45) is 0 Å². The third-order valence-electron chi connectivity index (χ3n) is 18.2. The van der Waals surface area contributed by atoms with E-state index in [-0.39, 0.29) is 12.5 Å². The molecule has 4 heteroatoms. The minimum Gasteiger partial charge on any atom is -0.394 e. The van der Waals surface area contributed by atoms with Crippen molar-refractivity contribution >= 4 is 5.91 Å². The lowest BCUT2D eigenvalue weighted by atomic mass is 10.0. The van der Waals surface area contributed by atoms with Crippen molar-refractivity contribution in [3.63, 3.8) is 0 Å². The van der Waals surface area contributed by atoms with Crippen molar-refractivity contribution in [1.82, 2.24) is 5.32 Å². The van der Waals surface area contributed by atoms with Crippen LogP contribution in [0.2, 0.25) is 0 Å². The first-order chi connectivity index (χ1) is 40.2. The van der Waals surface area contributed by atoms with Crippen LogP contribution < -0.4 is 5.32 Å². The van der Waals surface area contributed by atoms with Gasteiger partial charge in [0.2, 0.25) is 5.91 Å². The minimum absolute atomic E-state index is 0.0632. The maximum absolute atomic E-state index is 12.6. The molecule has 0 saturated carbocycles. The molecular formula is C77H151NO3. The Balaban J connectivity index is 3.40. The van der Waals surface area contributed by atoms with E-state index in [0.29, 0.717) is 6.42 Å². The number of hydrogen-bond acceptors (Lipinski definition) is 3. The van der Waals surface area contributed by atoms with Crippen LogP contribution in [-0.2, 0) is 4.79 Å². The van der Waals surface area contributed by atoms with E-state index in [4.69, 9.17) is 0 Å². The number of allylic oxidation sites excluding steroid dienone is 3. The number of amides is 1. The summed E-state index contributed by atoms with van der Waals surface area (Å²) in [4.78, 5) is 12.6. The average Bonchev–Trinajstić information content (AvgIpc) is 3.47. The Morgan fingerprint density at radius 2 is 0.481 bits per heavy atom. The van der Waals surface area contributed by atoms with E-state index in [9.17, 15) is 15.0 Å². The van der Waals surface area contributed by atoms with Gasteiger partial charge in [-0.15, -0.1) is 0 Å². The predicted octanol–water partition coefficient (Wildman–Crippen LogP) is 26.1. The molecule has 0 fully saturated rings. The normalized spacial score (nSPS) is 12.7. The molecule has 0 rings (SSSR count). The van der Waals surface area contributed by atoms with Gasteiger partial charge in [-0.1, -0.05) is 430 Å². The molecular weight excluding hydrogens is 987 g/mol. The highest BCUT2D eigenvalue weighted by Crippen LogP contribution is 2.20. The average molecular weight is 1140 g/mol. The number of rotatable bonds is 72. The van der Waals surface area contributed by atoms with Gasteiger partial charge in [-0.25, -0.2) is 0 Å². The second kappa shape index (κ2) is 73.1. The number of unbranched alkanes of at least 4 members (excludes halogenated alkanes) is 63. The lowest BCUT2D eigenvalue weighted by Gasteiger charge is -2.19. The van der Waals surface area contributed by atoms with Crippen LogP contribution in [0.1, 0.15) is 444 Å². The maximum atomic E-state index is 12.6. The van der Waals surface area contributed by atoms with Crippen LogP contribution in [0.3, 0.4) is 0 Å². The fourth-order valence-corrected chi connectivity index (χ4v) is 12.4. The smallest absolute Gasteiger partial charge is 0.220 e. The molecule has 1 amide bonds. The van der Waals surface area contributed by atoms with Crippen LogP contribution in [0.15, 0.2) is 24.3 Å². The lowest BCUT2D eigenvalue weighted by Crippen LogP contribution is -2.45. The van der Waals surface area contributed by atoms with Gasteiger partial charge >= 0.3 is 0 Å². The maximum Gasteiger partial charge on any atom is 0.220 e. The summed E-state index contributed by atoms with van der Waals surface area (Å²) >= 11 is 0. The van der Waals surface area contributed by atoms with Crippen molar-refractivity contribution in [2.75, 3.05) is 6.61 Å². The summed E-state index contributed by atoms with van der Waals surface area (Å²) in [7, 11) is 0. The van der Waals surface area contributed by atoms with Crippen LogP contribution in [0.25, 0.3) is 0 Å². The van der Waals surface area contributed by atoms with Gasteiger partial charge in [0.1, 0.15) is 0 Å². The highest BCUT2D eigenvalue weighted by molar-refractivity contribution is 5.76. The van der Waals surface area contributed by atoms with Crippen molar-refractivity contribution in [1.29, 1.82) is 0 Å². The van der Waals surface area contributed by atoms with Crippen LogP contribution in [-0.4, -0.2) is 34.9 Å². The molecule has 3 N–H and O–H groups in total. The van der Waals surface area contributed by atoms with E-state index in [1.807, 2.05) is 6.08 Å². The highest BCUT2D eigenvalue weighted by Gasteiger charge is 2.18. The van der Waals surface area contributed by atoms with Gasteiger partial charge in [0.25, 0.3) is 0 Å². The van der Waals surface area contributed by atoms with Crippen LogP contribution in [0, 0.1) is 0 Å². The molecule has 2 unspecified atom stereocenters. The predicted molar refractivity (Wildman–Crippen MR) is 364 cm³/mol. The highest BCUT2D eigenvalue weighted by atomic mass is 16.3. The van der Waals surface area contributed by atoms with Gasteiger partial charge in [-0.2, -0.15) is 0 Å². The second-order valence-electron chi connectivity index (χ2n) is 26.4. The second-order valence-corrected chi connectivity index (χ2v) is 26.4. The Labute approximate surface area is 510 Å². The largest absolute Gasteiger partial charge is 0.394 e. The molecule has 0 saturated heterocycles. The molecule has 0 aliphatic carbocycles. The summed E-state index contributed by atoms with van der Waals surface area (Å²) in [6, 6.07) is -0.638. The summed E-state index contributed by atoms with van der Waals surface area (Å²) < 4.78 is 0. The van der Waals surface area contributed by atoms with Crippen LogP contribution in [0.5, 0.6) is 0 Å². The summed E-state index contributed by atoms with van der Waals surface area (Å²) in [5.41, 5.74) is 0. The molecule has 0 radical (unpaired) electrons. The van der Waals surface area contributed by atoms with E-state index in [2.05, 4.69) is 31.3 Å². The quantitative estimate of drug-likeness (QED) is 0.0420. The lowest BCUT2D eigenvalue weighted by molar-refractivity contribution is -0.123. The number of hydrogen-bond donors (Lipinski definition) is 3. The topological polar surface area (TPSA) is 69.6 Å². The number of carbonyl (C=O) groups excluding carboxylic acids is 1. The first kappa shape index (κ1) is 79.9. The molecule has 0 aromatic carbocycles. The van der Waals surface area contributed by atoms with Gasteiger partial charge in [0.15, 0.2) is 0 Å². The third-order valence-corrected chi connectivity index (χ3v) is 18.2. The minimum atomic E-state index is -0.862. The molecule has 482 valence electrons. The zero-order valence-electron chi connectivity index (χ0n) is 55.9. The first-order valence-electron chi connectivity index (χ1n) is 38.1. The number of nitrogens with one attached hydrogen (secondary N) is 1. The molecule has 2 atom stereocenters. The van der Waals surface area contributed by atoms with Crippen molar-refractivity contribution in [3.8, 4) is 0 Å². The van der Waals surface area contributed by atoms with Gasteiger partial charge in [0.05, 0.1) is 18.8 Å². The Morgan fingerprint density at radius 1 is 0.284 bits per heavy atom. The summed E-state index contributed by atoms with van der Waals surface area (Å²) in [6.45, 7) is 4.36. The summed E-state index contributed by atoms with van der Waals surface area (Å²) in [5.74, 6) is -0.0632. The van der Waals surface area contributed by atoms with Crippen molar-refractivity contribution in [2.45, 2.75) is 456 Å². The van der Waals surface area contributed by atoms with Crippen LogP contribution in [0.4, 0.5) is 0 Å². The van der Waals surface area contributed by atoms with Crippen molar-refractivity contribution < 1.29 is 15.0 Å². The van der Waals surface area contributed by atoms with Gasteiger partial charge < -0.3 is 15.5 Å². The molecule has 81 heavy (non-hydrogen) atoms. The van der Waals surface area contributed by atoms with Gasteiger partial charge in [-0.3, -0.25) is 4.79 Å². The monoisotopic (exact) mass is 1140 g/mol. The number of carbonyl (C=O) groups is 1. The van der Waals surface area contributed by atoms with E-state index < -0.39 is 12.1 Å². The van der Waals surface area contributed by atoms with E-state index >= 15 is 0 Å². The first-order valence-corrected chi connectivity index (χ1v) is 38.1. The molecule has 0 aliphatic heterocycles. The third kappa shape index (κ3) is 69.5. The molecule has 4 nitrogen and oxygen atoms in total. The van der Waals surface area contributed by atoms with Crippen molar-refractivity contribution in [3.05, 3.63) is 24.3 Å². The molecule has 0 aromatic rings. The molecule has 0 spiro atoms. The Kier molecular flexibility index (Phi) is 72.1. The number of aliphatic hydroxyl groups excluding tert-OH is 2. The van der Waals surface area contributed by atoms with Gasteiger partial charge in [0, 0.05) is 6.42 Å². The standard InChI is InChI=1S/C77H151NO3/c1-3-5-7-9-11-13-15-17-19-21-23-25-27-29-31-33-35-37-38-39-40-41-43-45-47-49-51-53-55-57-59-61-63-65-67-69-71-73-77(81)78-75(74-79)76(80)72-70-68-66-64-62-60-58-56-54-52-50-48-46-44-42-36-34-32-30-28-26-24-22-20-18-16-14-12-10-8-6-4-2/h62,64,70,72,75-76,79-80H,3-61,63,65-69,71,73-74H2,1-2H3,(H,78,81)/b64-62+,72-70+. The van der Waals surface area contributed by atoms with Gasteiger partial charge in [-0.05, 0) is 32.1 Å². The zero-order chi connectivity index (χ0) is 58.4. The van der Waals surface area contributed by atoms with E-state index in [1.54, 1.807) is 6.08 Å². The fraction of sp³-hybridized carbons (Fsp3) is 0.935. The number of aliphatic hydroxyl groups is 2. The van der Waals surface area contributed by atoms with E-state index in [0.717, 1.165) is 32.1 Å². The molecule has 0 bridgehead atoms. The Hall–Kier alpha value is -1.13.